The molecule has 11 heteroatoms. The third-order valence-corrected chi connectivity index (χ3v) is 8.62. The number of halogens is 1. The summed E-state index contributed by atoms with van der Waals surface area (Å²) in [7, 11) is -3.12. The fourth-order valence-corrected chi connectivity index (χ4v) is 6.85. The minimum Gasteiger partial charge on any atom is -0.330 e. The monoisotopic (exact) mass is 494 g/mol. The van der Waals surface area contributed by atoms with E-state index in [0.29, 0.717) is 26.6 Å². The Balaban J connectivity index is 1.43. The summed E-state index contributed by atoms with van der Waals surface area (Å²) in [6, 6.07) is 16.1. The predicted octanol–water partition coefficient (Wildman–Crippen LogP) is 4.25. The number of hydrogen-bond donors (Lipinski definition) is 1. The van der Waals surface area contributed by atoms with Crippen molar-refractivity contribution < 1.29 is 13.2 Å². The summed E-state index contributed by atoms with van der Waals surface area (Å²) in [6.07, 6.45) is 0.445. The number of carbonyl (C=O) groups excluding carboxylic acids is 1. The highest BCUT2D eigenvalue weighted by molar-refractivity contribution is 8.01. The summed E-state index contributed by atoms with van der Waals surface area (Å²) >= 11 is 8.61. The number of thioether (sulfide) groups is 1. The Labute approximate surface area is 193 Å². The summed E-state index contributed by atoms with van der Waals surface area (Å²) in [5, 5.41) is 12.6. The molecule has 1 saturated heterocycles. The molecule has 3 aromatic rings. The maximum atomic E-state index is 13.1. The van der Waals surface area contributed by atoms with E-state index in [1.165, 1.54) is 23.1 Å². The molecule has 0 spiro atoms. The molecular weight excluding hydrogens is 476 g/mol. The molecule has 7 nitrogen and oxygen atoms in total. The van der Waals surface area contributed by atoms with Gasteiger partial charge in [0.15, 0.2) is 14.2 Å². The van der Waals surface area contributed by atoms with Gasteiger partial charge in [-0.2, -0.15) is 0 Å². The van der Waals surface area contributed by atoms with Crippen molar-refractivity contribution in [2.45, 2.75) is 16.8 Å². The molecule has 1 N–H and O–H groups in total. The second-order valence-corrected chi connectivity index (χ2v) is 11.8. The highest BCUT2D eigenvalue weighted by Gasteiger charge is 2.35. The van der Waals surface area contributed by atoms with Crippen molar-refractivity contribution in [2.75, 3.05) is 27.5 Å². The summed E-state index contributed by atoms with van der Waals surface area (Å²) in [4.78, 5) is 14.7. The van der Waals surface area contributed by atoms with Crippen LogP contribution in [0.25, 0.3) is 0 Å². The number of anilines is 3. The van der Waals surface area contributed by atoms with Gasteiger partial charge in [0.2, 0.25) is 11.0 Å². The van der Waals surface area contributed by atoms with E-state index in [0.717, 1.165) is 5.69 Å². The van der Waals surface area contributed by atoms with Gasteiger partial charge in [-0.1, -0.05) is 59.0 Å². The fraction of sp³-hybridized carbons (Fsp3) is 0.250. The first-order chi connectivity index (χ1) is 14.9. The summed E-state index contributed by atoms with van der Waals surface area (Å²) in [6.45, 7) is 0. The lowest BCUT2D eigenvalue weighted by molar-refractivity contribution is -0.116. The number of sulfone groups is 1. The normalized spacial score (nSPS) is 17.4. The molecular formula is C20H19ClN4O3S3. The summed E-state index contributed by atoms with van der Waals surface area (Å²) in [5.74, 6) is 0.0798. The van der Waals surface area contributed by atoms with Crippen molar-refractivity contribution in [1.82, 2.24) is 10.2 Å². The molecule has 0 saturated carbocycles. The van der Waals surface area contributed by atoms with E-state index in [4.69, 9.17) is 11.6 Å². The maximum absolute atomic E-state index is 13.1. The largest absolute Gasteiger partial charge is 0.330 e. The zero-order valence-corrected chi connectivity index (χ0v) is 19.5. The number of carbonyl (C=O) groups is 1. The van der Waals surface area contributed by atoms with Gasteiger partial charge in [-0.05, 0) is 36.8 Å². The van der Waals surface area contributed by atoms with E-state index in [1.807, 2.05) is 42.5 Å². The highest BCUT2D eigenvalue weighted by atomic mass is 35.5. The van der Waals surface area contributed by atoms with E-state index >= 15 is 0 Å². The van der Waals surface area contributed by atoms with Crippen LogP contribution in [0.3, 0.4) is 0 Å². The second-order valence-electron chi connectivity index (χ2n) is 6.95. The number of nitrogens with one attached hydrogen (secondary N) is 1. The number of rotatable bonds is 7. The zero-order chi connectivity index (χ0) is 21.8. The summed E-state index contributed by atoms with van der Waals surface area (Å²) in [5.41, 5.74) is 1.50. The third kappa shape index (κ3) is 5.76. The first-order valence-corrected chi connectivity index (χ1v) is 13.5. The van der Waals surface area contributed by atoms with Crippen molar-refractivity contribution in [2.24, 2.45) is 0 Å². The summed E-state index contributed by atoms with van der Waals surface area (Å²) < 4.78 is 24.6. The van der Waals surface area contributed by atoms with Gasteiger partial charge < -0.3 is 10.2 Å². The van der Waals surface area contributed by atoms with Crippen molar-refractivity contribution in [3.05, 3.63) is 59.6 Å². The van der Waals surface area contributed by atoms with Gasteiger partial charge in [0.05, 0.1) is 23.3 Å². The zero-order valence-electron chi connectivity index (χ0n) is 16.3. The van der Waals surface area contributed by atoms with Crippen molar-refractivity contribution in [3.8, 4) is 0 Å². The van der Waals surface area contributed by atoms with Gasteiger partial charge in [0.25, 0.3) is 0 Å². The van der Waals surface area contributed by atoms with Crippen LogP contribution in [-0.4, -0.2) is 47.8 Å². The van der Waals surface area contributed by atoms with E-state index in [2.05, 4.69) is 15.5 Å². The molecule has 162 valence electrons. The Bertz CT molecular complexity index is 1170. The van der Waals surface area contributed by atoms with Gasteiger partial charge in [0.1, 0.15) is 0 Å². The maximum Gasteiger partial charge on any atom is 0.237 e. The van der Waals surface area contributed by atoms with Crippen LogP contribution in [0.1, 0.15) is 6.42 Å². The first-order valence-electron chi connectivity index (χ1n) is 9.46. The smallest absolute Gasteiger partial charge is 0.237 e. The van der Waals surface area contributed by atoms with Gasteiger partial charge in [-0.25, -0.2) is 8.42 Å². The first kappa shape index (κ1) is 22.1. The molecule has 1 aliphatic rings. The number of amides is 1. The van der Waals surface area contributed by atoms with E-state index in [1.54, 1.807) is 17.0 Å². The molecule has 0 aliphatic carbocycles. The van der Waals surface area contributed by atoms with Gasteiger partial charge in [-0.3, -0.25) is 4.79 Å². The number of nitrogens with zero attached hydrogens (tertiary/aromatic N) is 3. The van der Waals surface area contributed by atoms with Crippen LogP contribution < -0.4 is 10.2 Å². The Morgan fingerprint density at radius 2 is 2.00 bits per heavy atom. The Kier molecular flexibility index (Phi) is 6.80. The van der Waals surface area contributed by atoms with Crippen LogP contribution in [0, 0.1) is 0 Å². The van der Waals surface area contributed by atoms with E-state index < -0.39 is 9.84 Å². The van der Waals surface area contributed by atoms with Crippen LogP contribution in [0.5, 0.6) is 0 Å². The predicted molar refractivity (Wildman–Crippen MR) is 126 cm³/mol. The minimum absolute atomic E-state index is 0.00912. The third-order valence-electron chi connectivity index (χ3n) is 4.68. The SMILES string of the molecule is O=C(CSc1nnc(Nc2cccc(Cl)c2)s1)N(c1ccccc1)[C@H]1CCS(=O)(=O)C1. The Morgan fingerprint density at radius 3 is 2.71 bits per heavy atom. The lowest BCUT2D eigenvalue weighted by Gasteiger charge is -2.28. The lowest BCUT2D eigenvalue weighted by atomic mass is 10.2. The number of para-hydroxylation sites is 1. The lowest BCUT2D eigenvalue weighted by Crippen LogP contribution is -2.42. The van der Waals surface area contributed by atoms with Gasteiger partial charge in [-0.15, -0.1) is 10.2 Å². The molecule has 1 atom stereocenters. The Morgan fingerprint density at radius 1 is 1.19 bits per heavy atom. The van der Waals surface area contributed by atoms with Crippen LogP contribution in [0.15, 0.2) is 58.9 Å². The number of aromatic nitrogens is 2. The quantitative estimate of drug-likeness (QED) is 0.491. The van der Waals surface area contributed by atoms with Crippen LogP contribution in [-0.2, 0) is 14.6 Å². The standard InChI is InChI=1S/C20H19ClN4O3S3/c21-14-5-4-6-15(11-14)22-19-23-24-20(30-19)29-12-18(26)25(16-7-2-1-3-8-16)17-9-10-31(27,28)13-17/h1-8,11,17H,9-10,12-13H2,(H,22,23)/t17-/m0/s1. The Hall–Kier alpha value is -2.14. The van der Waals surface area contributed by atoms with E-state index in [-0.39, 0.29) is 29.2 Å². The van der Waals surface area contributed by atoms with Crippen LogP contribution in [0.2, 0.25) is 5.02 Å². The molecule has 0 unspecified atom stereocenters. The molecule has 1 aromatic heterocycles. The van der Waals surface area contributed by atoms with Gasteiger partial charge in [0, 0.05) is 16.4 Å². The molecule has 2 heterocycles. The van der Waals surface area contributed by atoms with Crippen molar-refractivity contribution >= 4 is 67.0 Å². The average Bonchev–Trinajstić information content (AvgIpc) is 3.33. The number of hydrogen-bond acceptors (Lipinski definition) is 8. The van der Waals surface area contributed by atoms with E-state index in [9.17, 15) is 13.2 Å². The fourth-order valence-electron chi connectivity index (χ4n) is 3.33. The molecule has 4 rings (SSSR count). The molecule has 2 aromatic carbocycles. The molecule has 1 aliphatic heterocycles. The van der Waals surface area contributed by atoms with Crippen LogP contribution in [0.4, 0.5) is 16.5 Å². The van der Waals surface area contributed by atoms with Crippen molar-refractivity contribution in [1.29, 1.82) is 0 Å². The van der Waals surface area contributed by atoms with Crippen LogP contribution >= 0.6 is 34.7 Å². The molecule has 1 fully saturated rings. The van der Waals surface area contributed by atoms with Gasteiger partial charge >= 0.3 is 0 Å². The molecule has 0 bridgehead atoms. The topological polar surface area (TPSA) is 92.3 Å². The molecule has 0 radical (unpaired) electrons. The van der Waals surface area contributed by atoms with Crippen molar-refractivity contribution in [3.63, 3.8) is 0 Å². The molecule has 31 heavy (non-hydrogen) atoms. The average molecular weight is 495 g/mol. The molecule has 1 amide bonds. The second kappa shape index (κ2) is 9.56. The highest BCUT2D eigenvalue weighted by Crippen LogP contribution is 2.30. The minimum atomic E-state index is -3.12. The number of benzene rings is 2.